The van der Waals surface area contributed by atoms with Gasteiger partial charge in [-0.25, -0.2) is 0 Å². The summed E-state index contributed by atoms with van der Waals surface area (Å²) in [7, 11) is 0. The van der Waals surface area contributed by atoms with Gasteiger partial charge < -0.3 is 0 Å². The normalized spacial score (nSPS) is 16.0. The number of nitrogens with zero attached hydrogens (tertiary/aromatic N) is 3. The minimum atomic E-state index is 0.638. The van der Waals surface area contributed by atoms with Crippen LogP contribution in [0.1, 0.15) is 18.9 Å². The molecule has 0 aliphatic heterocycles. The predicted molar refractivity (Wildman–Crippen MR) is 63.3 cm³/mol. The first kappa shape index (κ1) is 8.28. The summed E-state index contributed by atoms with van der Waals surface area (Å²) >= 11 is 0. The Morgan fingerprint density at radius 1 is 1.06 bits per heavy atom. The Morgan fingerprint density at radius 3 is 2.81 bits per heavy atom. The zero-order valence-corrected chi connectivity index (χ0v) is 8.80. The van der Waals surface area contributed by atoms with Crippen molar-refractivity contribution in [2.75, 3.05) is 0 Å². The largest absolute Gasteiger partial charge is 0.268 e. The third kappa shape index (κ3) is 1.08. The van der Waals surface area contributed by atoms with Gasteiger partial charge in [-0.2, -0.15) is 5.10 Å². The minimum absolute atomic E-state index is 0.638. The Morgan fingerprint density at radius 2 is 1.94 bits per heavy atom. The standard InChI is InChI=1S/C13H11N3/c1-2-10-11-8-16(9-3-4-9)15-13(11)6-5-12(10)14-7-1/h1-2,5-9H,3-4H2. The van der Waals surface area contributed by atoms with Crippen molar-refractivity contribution >= 4 is 21.8 Å². The highest BCUT2D eigenvalue weighted by Crippen LogP contribution is 2.35. The maximum atomic E-state index is 4.61. The van der Waals surface area contributed by atoms with Crippen LogP contribution in [0.2, 0.25) is 0 Å². The van der Waals surface area contributed by atoms with E-state index in [0.717, 1.165) is 11.0 Å². The maximum Gasteiger partial charge on any atom is 0.0931 e. The van der Waals surface area contributed by atoms with Gasteiger partial charge in [0.1, 0.15) is 0 Å². The lowest BCUT2D eigenvalue weighted by Gasteiger charge is -1.95. The summed E-state index contributed by atoms with van der Waals surface area (Å²) in [6.45, 7) is 0. The molecule has 0 amide bonds. The molecule has 1 aromatic carbocycles. The van der Waals surface area contributed by atoms with Gasteiger partial charge in [0.15, 0.2) is 0 Å². The lowest BCUT2D eigenvalue weighted by molar-refractivity contribution is 0.649. The van der Waals surface area contributed by atoms with E-state index in [1.807, 2.05) is 18.3 Å². The Hall–Kier alpha value is -1.90. The molecule has 0 bridgehead atoms. The number of pyridine rings is 1. The molecule has 3 aromatic rings. The molecule has 2 aromatic heterocycles. The van der Waals surface area contributed by atoms with Crippen LogP contribution in [-0.4, -0.2) is 14.8 Å². The van der Waals surface area contributed by atoms with E-state index in [-0.39, 0.29) is 0 Å². The van der Waals surface area contributed by atoms with Crippen molar-refractivity contribution in [3.8, 4) is 0 Å². The van der Waals surface area contributed by atoms with Crippen molar-refractivity contribution in [2.24, 2.45) is 0 Å². The highest BCUT2D eigenvalue weighted by atomic mass is 15.3. The quantitative estimate of drug-likeness (QED) is 0.617. The number of hydrogen-bond acceptors (Lipinski definition) is 2. The topological polar surface area (TPSA) is 30.7 Å². The van der Waals surface area contributed by atoms with Crippen LogP contribution in [0, 0.1) is 0 Å². The molecule has 4 rings (SSSR count). The zero-order valence-electron chi connectivity index (χ0n) is 8.80. The van der Waals surface area contributed by atoms with E-state index in [9.17, 15) is 0 Å². The average Bonchev–Trinajstić information content (AvgIpc) is 3.08. The number of benzene rings is 1. The monoisotopic (exact) mass is 209 g/mol. The van der Waals surface area contributed by atoms with Gasteiger partial charge in [-0.1, -0.05) is 6.07 Å². The van der Waals surface area contributed by atoms with Crippen LogP contribution < -0.4 is 0 Å². The van der Waals surface area contributed by atoms with Crippen LogP contribution in [0.3, 0.4) is 0 Å². The number of hydrogen-bond donors (Lipinski definition) is 0. The van der Waals surface area contributed by atoms with E-state index in [1.54, 1.807) is 0 Å². The summed E-state index contributed by atoms with van der Waals surface area (Å²) in [6.07, 6.45) is 6.53. The molecule has 2 heterocycles. The van der Waals surface area contributed by atoms with E-state index in [1.165, 1.54) is 23.6 Å². The molecule has 0 saturated heterocycles. The summed E-state index contributed by atoms with van der Waals surface area (Å²) in [4.78, 5) is 4.36. The van der Waals surface area contributed by atoms with Gasteiger partial charge in [-0.3, -0.25) is 9.67 Å². The lowest BCUT2D eigenvalue weighted by Crippen LogP contribution is -1.92. The second-order valence-electron chi connectivity index (χ2n) is 4.41. The van der Waals surface area contributed by atoms with E-state index in [2.05, 4.69) is 33.1 Å². The fourth-order valence-corrected chi connectivity index (χ4v) is 2.20. The van der Waals surface area contributed by atoms with Crippen molar-refractivity contribution in [1.29, 1.82) is 0 Å². The molecule has 16 heavy (non-hydrogen) atoms. The first-order valence-electron chi connectivity index (χ1n) is 5.64. The van der Waals surface area contributed by atoms with Crippen molar-refractivity contribution in [2.45, 2.75) is 18.9 Å². The second kappa shape index (κ2) is 2.82. The number of fused-ring (bicyclic) bond motifs is 3. The highest BCUT2D eigenvalue weighted by Gasteiger charge is 2.24. The van der Waals surface area contributed by atoms with Gasteiger partial charge in [0.05, 0.1) is 17.1 Å². The van der Waals surface area contributed by atoms with Gasteiger partial charge in [-0.05, 0) is 31.0 Å². The van der Waals surface area contributed by atoms with E-state index < -0.39 is 0 Å². The molecular weight excluding hydrogens is 198 g/mol. The molecule has 0 radical (unpaired) electrons. The third-order valence-corrected chi connectivity index (χ3v) is 3.21. The van der Waals surface area contributed by atoms with Gasteiger partial charge in [-0.15, -0.1) is 0 Å². The van der Waals surface area contributed by atoms with Crippen LogP contribution in [0.25, 0.3) is 21.8 Å². The van der Waals surface area contributed by atoms with Crippen molar-refractivity contribution in [3.63, 3.8) is 0 Å². The van der Waals surface area contributed by atoms with Crippen LogP contribution in [0.15, 0.2) is 36.7 Å². The van der Waals surface area contributed by atoms with Crippen LogP contribution in [-0.2, 0) is 0 Å². The molecule has 1 fully saturated rings. The summed E-state index contributed by atoms with van der Waals surface area (Å²) in [6, 6.07) is 8.84. The average molecular weight is 209 g/mol. The van der Waals surface area contributed by atoms with Gasteiger partial charge in [0.25, 0.3) is 0 Å². The maximum absolute atomic E-state index is 4.61. The molecular formula is C13H11N3. The Balaban J connectivity index is 2.11. The molecule has 1 aliphatic carbocycles. The fraction of sp³-hybridized carbons (Fsp3) is 0.231. The van der Waals surface area contributed by atoms with Crippen molar-refractivity contribution < 1.29 is 0 Å². The minimum Gasteiger partial charge on any atom is -0.268 e. The van der Waals surface area contributed by atoms with Gasteiger partial charge in [0.2, 0.25) is 0 Å². The second-order valence-corrected chi connectivity index (χ2v) is 4.41. The van der Waals surface area contributed by atoms with Crippen LogP contribution >= 0.6 is 0 Å². The molecule has 78 valence electrons. The van der Waals surface area contributed by atoms with E-state index >= 15 is 0 Å². The van der Waals surface area contributed by atoms with Gasteiger partial charge >= 0.3 is 0 Å². The van der Waals surface area contributed by atoms with E-state index in [4.69, 9.17) is 0 Å². The smallest absolute Gasteiger partial charge is 0.0931 e. The summed E-state index contributed by atoms with van der Waals surface area (Å²) in [5, 5.41) is 7.03. The molecule has 0 N–H and O–H groups in total. The van der Waals surface area contributed by atoms with Crippen molar-refractivity contribution in [3.05, 3.63) is 36.7 Å². The van der Waals surface area contributed by atoms with Crippen molar-refractivity contribution in [1.82, 2.24) is 14.8 Å². The first-order valence-corrected chi connectivity index (χ1v) is 5.64. The van der Waals surface area contributed by atoms with Crippen LogP contribution in [0.5, 0.6) is 0 Å². The molecule has 0 spiro atoms. The van der Waals surface area contributed by atoms with E-state index in [0.29, 0.717) is 6.04 Å². The molecule has 0 atom stereocenters. The SMILES string of the molecule is c1cnc2ccc3nn(C4CC4)cc3c2c1. The summed E-state index contributed by atoms with van der Waals surface area (Å²) in [5.41, 5.74) is 2.12. The highest BCUT2D eigenvalue weighted by molar-refractivity contribution is 6.04. The molecule has 0 unspecified atom stereocenters. The summed E-state index contributed by atoms with van der Waals surface area (Å²) < 4.78 is 2.11. The first-order chi connectivity index (χ1) is 7.92. The zero-order chi connectivity index (χ0) is 10.5. The third-order valence-electron chi connectivity index (χ3n) is 3.21. The van der Waals surface area contributed by atoms with Gasteiger partial charge in [0, 0.05) is 23.2 Å². The molecule has 3 nitrogen and oxygen atoms in total. The number of rotatable bonds is 1. The Kier molecular flexibility index (Phi) is 1.46. The van der Waals surface area contributed by atoms with Crippen LogP contribution in [0.4, 0.5) is 0 Å². The predicted octanol–water partition coefficient (Wildman–Crippen LogP) is 2.92. The Bertz CT molecular complexity index is 680. The molecule has 1 saturated carbocycles. The molecule has 1 aliphatic rings. The lowest BCUT2D eigenvalue weighted by atomic mass is 10.1. The Labute approximate surface area is 92.7 Å². The summed E-state index contributed by atoms with van der Waals surface area (Å²) in [5.74, 6) is 0. The number of aromatic nitrogens is 3. The fourth-order valence-electron chi connectivity index (χ4n) is 2.20. The molecule has 3 heteroatoms.